The van der Waals surface area contributed by atoms with E-state index in [2.05, 4.69) is 0 Å². The van der Waals surface area contributed by atoms with Gasteiger partial charge in [-0.05, 0) is 46.4 Å². The lowest BCUT2D eigenvalue weighted by atomic mass is 10.6. The van der Waals surface area contributed by atoms with Gasteiger partial charge in [-0.25, -0.2) is 0 Å². The summed E-state index contributed by atoms with van der Waals surface area (Å²) in [5.74, 6) is 0. The second-order valence-corrected chi connectivity index (χ2v) is 4.17. The van der Waals surface area contributed by atoms with Crippen LogP contribution >= 0.6 is 46.4 Å². The third-order valence-corrected chi connectivity index (χ3v) is 2.85. The molecule has 0 aliphatic carbocycles. The fraction of sp³-hybridized carbons (Fsp3) is 1.00. The van der Waals surface area contributed by atoms with Crippen molar-refractivity contribution in [2.75, 3.05) is 0 Å². The maximum atomic E-state index is 10.0. The van der Waals surface area contributed by atoms with Crippen LogP contribution in [0.3, 0.4) is 0 Å². The van der Waals surface area contributed by atoms with Gasteiger partial charge >= 0.3 is 8.91 Å². The van der Waals surface area contributed by atoms with E-state index in [0.717, 1.165) is 0 Å². The summed E-state index contributed by atoms with van der Waals surface area (Å²) in [7, 11) is 0. The van der Waals surface area contributed by atoms with E-state index < -0.39 is 18.8 Å². The molecule has 12 heavy (non-hydrogen) atoms. The second-order valence-electron chi connectivity index (χ2n) is 1.60. The molecule has 0 aromatic carbocycles. The van der Waals surface area contributed by atoms with Gasteiger partial charge in [0.05, 0.1) is 9.85 Å². The fourth-order valence-electron chi connectivity index (χ4n) is 0.220. The van der Waals surface area contributed by atoms with Crippen molar-refractivity contribution in [2.45, 2.75) is 8.91 Å². The lowest BCUT2D eigenvalue weighted by Gasteiger charge is -2.16. The summed E-state index contributed by atoms with van der Waals surface area (Å²) < 4.78 is -6.17. The SMILES string of the molecule is O=[N+]([O-])C(Cl)(Cl)C(Cl)(Cl)[N+](=O)[O-]. The van der Waals surface area contributed by atoms with E-state index in [4.69, 9.17) is 46.4 Å². The molecule has 0 aliphatic rings. The lowest BCUT2D eigenvalue weighted by Crippen LogP contribution is -2.48. The van der Waals surface area contributed by atoms with Crippen LogP contribution in [0, 0.1) is 20.2 Å². The molecule has 0 bridgehead atoms. The van der Waals surface area contributed by atoms with Crippen molar-refractivity contribution < 1.29 is 9.85 Å². The van der Waals surface area contributed by atoms with Gasteiger partial charge in [0, 0.05) is 0 Å². The predicted molar refractivity (Wildman–Crippen MR) is 42.9 cm³/mol. The predicted octanol–water partition coefficient (Wildman–Crippen LogP) is 1.80. The zero-order chi connectivity index (χ0) is 10.2. The average molecular weight is 258 g/mol. The van der Waals surface area contributed by atoms with Gasteiger partial charge < -0.3 is 0 Å². The normalized spacial score (nSPS) is 12.7. The van der Waals surface area contributed by atoms with Gasteiger partial charge in [0.2, 0.25) is 0 Å². The molecule has 0 saturated carbocycles. The van der Waals surface area contributed by atoms with Gasteiger partial charge in [-0.1, -0.05) is 0 Å². The molecule has 0 aliphatic heterocycles. The minimum atomic E-state index is -3.08. The first-order valence-corrected chi connectivity index (χ1v) is 3.70. The van der Waals surface area contributed by atoms with Crippen LogP contribution in [0.2, 0.25) is 0 Å². The highest BCUT2D eigenvalue weighted by molar-refractivity contribution is 6.60. The first-order valence-electron chi connectivity index (χ1n) is 2.18. The Balaban J connectivity index is 5.01. The van der Waals surface area contributed by atoms with Crippen LogP contribution < -0.4 is 0 Å². The van der Waals surface area contributed by atoms with Crippen molar-refractivity contribution in [3.05, 3.63) is 20.2 Å². The van der Waals surface area contributed by atoms with E-state index in [1.165, 1.54) is 0 Å². The molecule has 0 aromatic heterocycles. The quantitative estimate of drug-likeness (QED) is 0.334. The Morgan fingerprint density at radius 3 is 1.08 bits per heavy atom. The smallest absolute Gasteiger partial charge is 0.261 e. The minimum Gasteiger partial charge on any atom is -0.261 e. The molecule has 0 spiro atoms. The number of rotatable bonds is 3. The average Bonchev–Trinajstić information content (AvgIpc) is 1.86. The highest BCUT2D eigenvalue weighted by Gasteiger charge is 2.69. The van der Waals surface area contributed by atoms with Crippen LogP contribution in [0.15, 0.2) is 0 Å². The zero-order valence-corrected chi connectivity index (χ0v) is 8.06. The molecule has 0 unspecified atom stereocenters. The van der Waals surface area contributed by atoms with Crippen molar-refractivity contribution in [1.82, 2.24) is 0 Å². The maximum absolute atomic E-state index is 10.0. The van der Waals surface area contributed by atoms with Gasteiger partial charge in [0.25, 0.3) is 0 Å². The molecule has 0 atom stereocenters. The number of halogens is 4. The molecule has 0 aromatic rings. The molecular formula is C2Cl4N2O4. The van der Waals surface area contributed by atoms with Crippen LogP contribution in [0.1, 0.15) is 0 Å². The lowest BCUT2D eigenvalue weighted by molar-refractivity contribution is -0.609. The molecule has 6 nitrogen and oxygen atoms in total. The monoisotopic (exact) mass is 256 g/mol. The fourth-order valence-corrected chi connectivity index (χ4v) is 0.496. The van der Waals surface area contributed by atoms with E-state index >= 15 is 0 Å². The van der Waals surface area contributed by atoms with Crippen LogP contribution in [0.5, 0.6) is 0 Å². The summed E-state index contributed by atoms with van der Waals surface area (Å²) in [5.41, 5.74) is 0. The van der Waals surface area contributed by atoms with E-state index in [1.54, 1.807) is 0 Å². The number of hydrogen-bond donors (Lipinski definition) is 0. The van der Waals surface area contributed by atoms with Crippen LogP contribution in [-0.2, 0) is 0 Å². The van der Waals surface area contributed by atoms with Gasteiger partial charge in [-0.2, -0.15) is 0 Å². The largest absolute Gasteiger partial charge is 0.470 e. The van der Waals surface area contributed by atoms with E-state index in [1.807, 2.05) is 0 Å². The third-order valence-electron chi connectivity index (χ3n) is 0.820. The summed E-state index contributed by atoms with van der Waals surface area (Å²) in [6, 6.07) is 0. The summed E-state index contributed by atoms with van der Waals surface area (Å²) >= 11 is 19.7. The topological polar surface area (TPSA) is 86.3 Å². The van der Waals surface area contributed by atoms with Crippen molar-refractivity contribution in [3.63, 3.8) is 0 Å². The molecular weight excluding hydrogens is 258 g/mol. The van der Waals surface area contributed by atoms with Crippen molar-refractivity contribution in [3.8, 4) is 0 Å². The van der Waals surface area contributed by atoms with Gasteiger partial charge in [-0.15, -0.1) is 0 Å². The Hall–Kier alpha value is -0.0400. The molecule has 70 valence electrons. The summed E-state index contributed by atoms with van der Waals surface area (Å²) in [6.45, 7) is 0. The summed E-state index contributed by atoms with van der Waals surface area (Å²) in [4.78, 5) is 17.4. The van der Waals surface area contributed by atoms with Gasteiger partial charge in [-0.3, -0.25) is 20.2 Å². The number of nitro groups is 2. The number of hydrogen-bond acceptors (Lipinski definition) is 4. The van der Waals surface area contributed by atoms with Gasteiger partial charge in [0.1, 0.15) is 0 Å². The summed E-state index contributed by atoms with van der Waals surface area (Å²) in [5, 5.41) is 20.1. The number of alkyl halides is 4. The summed E-state index contributed by atoms with van der Waals surface area (Å²) in [6.07, 6.45) is 0. The Kier molecular flexibility index (Phi) is 3.36. The van der Waals surface area contributed by atoms with Crippen molar-refractivity contribution >= 4 is 46.4 Å². The highest BCUT2D eigenvalue weighted by atomic mass is 35.5. The Morgan fingerprint density at radius 1 is 0.833 bits per heavy atom. The van der Waals surface area contributed by atoms with Crippen molar-refractivity contribution in [1.29, 1.82) is 0 Å². The van der Waals surface area contributed by atoms with E-state index in [0.29, 0.717) is 0 Å². The minimum absolute atomic E-state index is 1.36. The van der Waals surface area contributed by atoms with Crippen LogP contribution in [0.4, 0.5) is 0 Å². The first kappa shape index (κ1) is 12.0. The molecule has 0 saturated heterocycles. The van der Waals surface area contributed by atoms with E-state index in [-0.39, 0.29) is 0 Å². The van der Waals surface area contributed by atoms with Crippen LogP contribution in [0.25, 0.3) is 0 Å². The van der Waals surface area contributed by atoms with Gasteiger partial charge in [0.15, 0.2) is 0 Å². The number of nitrogens with zero attached hydrogens (tertiary/aromatic N) is 2. The standard InChI is InChI=1S/C2Cl4N2O4/c3-1(4,7(9)10)2(5,6)8(11)12. The molecule has 10 heteroatoms. The molecule has 0 N–H and O–H groups in total. The first-order chi connectivity index (χ1) is 5.14. The Labute approximate surface area is 85.6 Å². The molecule has 0 fully saturated rings. The molecule has 0 heterocycles. The molecule has 0 amide bonds. The van der Waals surface area contributed by atoms with Crippen LogP contribution in [-0.4, -0.2) is 18.8 Å². The van der Waals surface area contributed by atoms with Crippen molar-refractivity contribution in [2.24, 2.45) is 0 Å². The Morgan fingerprint density at radius 2 is 1.00 bits per heavy atom. The van der Waals surface area contributed by atoms with E-state index in [9.17, 15) is 20.2 Å². The maximum Gasteiger partial charge on any atom is 0.470 e. The molecule has 0 rings (SSSR count). The molecule has 0 radical (unpaired) electrons. The highest BCUT2D eigenvalue weighted by Crippen LogP contribution is 2.43. The zero-order valence-electron chi connectivity index (χ0n) is 5.04. The second kappa shape index (κ2) is 3.37. The third kappa shape index (κ3) is 1.82. The Bertz CT molecular complexity index is 203.